The lowest BCUT2D eigenvalue weighted by Crippen LogP contribution is -2.25. The number of carboxylic acids is 1. The molecule has 2 heterocycles. The van der Waals surface area contributed by atoms with E-state index in [0.29, 0.717) is 35.7 Å². The van der Waals surface area contributed by atoms with Gasteiger partial charge >= 0.3 is 5.97 Å². The quantitative estimate of drug-likeness (QED) is 0.639. The summed E-state index contributed by atoms with van der Waals surface area (Å²) in [6, 6.07) is 7.18. The lowest BCUT2D eigenvalue weighted by Gasteiger charge is -2.08. The number of carbonyl (C=O) groups is 2. The summed E-state index contributed by atoms with van der Waals surface area (Å²) in [5, 5.41) is 11.5. The zero-order chi connectivity index (χ0) is 18.1. The lowest BCUT2D eigenvalue weighted by molar-refractivity contribution is -0.137. The van der Waals surface area contributed by atoms with Crippen molar-refractivity contribution in [3.05, 3.63) is 41.8 Å². The third-order valence-corrected chi connectivity index (χ3v) is 3.96. The molecule has 2 aromatic heterocycles. The van der Waals surface area contributed by atoms with Gasteiger partial charge in [-0.25, -0.2) is 4.98 Å². The molecule has 6 heteroatoms. The van der Waals surface area contributed by atoms with Crippen LogP contribution in [0, 0.1) is 6.92 Å². The number of hydrogen-bond acceptors (Lipinski definition) is 4. The van der Waals surface area contributed by atoms with Gasteiger partial charge in [-0.1, -0.05) is 19.3 Å². The molecule has 2 aromatic rings. The Kier molecular flexibility index (Phi) is 7.19. The van der Waals surface area contributed by atoms with Crippen molar-refractivity contribution in [2.24, 2.45) is 0 Å². The maximum Gasteiger partial charge on any atom is 0.303 e. The van der Waals surface area contributed by atoms with Gasteiger partial charge in [0, 0.05) is 13.0 Å². The molecule has 0 aliphatic rings. The monoisotopic (exact) mass is 344 g/mol. The molecule has 2 rings (SSSR count). The Morgan fingerprint density at radius 3 is 2.56 bits per heavy atom. The Balaban J connectivity index is 1.71. The number of aryl methyl sites for hydroxylation is 1. The maximum absolute atomic E-state index is 12.2. The topological polar surface area (TPSA) is 92.4 Å². The smallest absolute Gasteiger partial charge is 0.303 e. The van der Waals surface area contributed by atoms with Crippen molar-refractivity contribution in [1.29, 1.82) is 0 Å². The second-order valence-corrected chi connectivity index (χ2v) is 5.97. The summed E-state index contributed by atoms with van der Waals surface area (Å²) in [5.74, 6) is -0.186. The third-order valence-electron chi connectivity index (χ3n) is 3.96. The van der Waals surface area contributed by atoms with Gasteiger partial charge in [0.1, 0.15) is 5.69 Å². The van der Waals surface area contributed by atoms with Crippen LogP contribution in [-0.4, -0.2) is 28.5 Å². The van der Waals surface area contributed by atoms with Gasteiger partial charge in [-0.15, -0.1) is 0 Å². The molecule has 0 spiro atoms. The number of pyridine rings is 1. The molecule has 0 bridgehead atoms. The maximum atomic E-state index is 12.2. The van der Waals surface area contributed by atoms with Crippen LogP contribution in [0.15, 0.2) is 34.9 Å². The summed E-state index contributed by atoms with van der Waals surface area (Å²) in [6.45, 7) is 2.42. The van der Waals surface area contributed by atoms with E-state index in [1.165, 1.54) is 0 Å². The third kappa shape index (κ3) is 6.06. The Hall–Kier alpha value is -2.63. The number of hydrogen-bond donors (Lipinski definition) is 2. The average Bonchev–Trinajstić information content (AvgIpc) is 3.11. The van der Waals surface area contributed by atoms with Gasteiger partial charge in [-0.2, -0.15) is 0 Å². The van der Waals surface area contributed by atoms with Gasteiger partial charge in [0.25, 0.3) is 5.91 Å². The highest BCUT2D eigenvalue weighted by Crippen LogP contribution is 2.19. The molecule has 25 heavy (non-hydrogen) atoms. The molecule has 0 aliphatic carbocycles. The van der Waals surface area contributed by atoms with Crippen LogP contribution in [0.4, 0.5) is 0 Å². The van der Waals surface area contributed by atoms with Crippen molar-refractivity contribution in [3.63, 3.8) is 0 Å². The summed E-state index contributed by atoms with van der Waals surface area (Å²) >= 11 is 0. The van der Waals surface area contributed by atoms with Gasteiger partial charge in [0.05, 0.1) is 17.5 Å². The molecular formula is C19H24N2O4. The summed E-state index contributed by atoms with van der Waals surface area (Å²) < 4.78 is 5.31. The van der Waals surface area contributed by atoms with Crippen molar-refractivity contribution >= 4 is 11.9 Å². The van der Waals surface area contributed by atoms with Crippen LogP contribution < -0.4 is 5.32 Å². The summed E-state index contributed by atoms with van der Waals surface area (Å²) in [4.78, 5) is 27.1. The predicted octanol–water partition coefficient (Wildman–Crippen LogP) is 3.81. The van der Waals surface area contributed by atoms with E-state index in [4.69, 9.17) is 9.52 Å². The number of aromatic nitrogens is 1. The highest BCUT2D eigenvalue weighted by Gasteiger charge is 2.11. The first-order valence-corrected chi connectivity index (χ1v) is 8.59. The van der Waals surface area contributed by atoms with E-state index in [1.807, 2.05) is 13.0 Å². The number of furan rings is 1. The fourth-order valence-electron chi connectivity index (χ4n) is 2.59. The fraction of sp³-hybridized carbons (Fsp3) is 0.421. The molecule has 0 aromatic carbocycles. The zero-order valence-electron chi connectivity index (χ0n) is 14.5. The van der Waals surface area contributed by atoms with Crippen molar-refractivity contribution in [2.75, 3.05) is 6.54 Å². The first-order valence-electron chi connectivity index (χ1n) is 8.59. The van der Waals surface area contributed by atoms with Crippen LogP contribution in [-0.2, 0) is 4.79 Å². The second-order valence-electron chi connectivity index (χ2n) is 5.97. The predicted molar refractivity (Wildman–Crippen MR) is 94.3 cm³/mol. The second kappa shape index (κ2) is 9.61. The minimum atomic E-state index is -0.741. The number of carbonyl (C=O) groups excluding carboxylic acids is 1. The molecule has 0 fully saturated rings. The molecule has 0 saturated carbocycles. The van der Waals surface area contributed by atoms with Gasteiger partial charge in [-0.05, 0) is 44.0 Å². The number of unbranched alkanes of at least 4 members (excludes halogenated alkanes) is 4. The van der Waals surface area contributed by atoms with Crippen LogP contribution >= 0.6 is 0 Å². The van der Waals surface area contributed by atoms with Gasteiger partial charge in [-0.3, -0.25) is 9.59 Å². The van der Waals surface area contributed by atoms with Gasteiger partial charge in [0.15, 0.2) is 5.76 Å². The highest BCUT2D eigenvalue weighted by atomic mass is 16.4. The van der Waals surface area contributed by atoms with Crippen molar-refractivity contribution in [2.45, 2.75) is 45.4 Å². The minimum absolute atomic E-state index is 0.123. The van der Waals surface area contributed by atoms with Crippen LogP contribution in [0.5, 0.6) is 0 Å². The van der Waals surface area contributed by atoms with Crippen LogP contribution in [0.2, 0.25) is 0 Å². The zero-order valence-corrected chi connectivity index (χ0v) is 14.5. The first-order chi connectivity index (χ1) is 12.1. The number of nitrogens with zero attached hydrogens (tertiary/aromatic N) is 1. The Labute approximate surface area is 147 Å². The van der Waals surface area contributed by atoms with Crippen molar-refractivity contribution in [1.82, 2.24) is 10.3 Å². The van der Waals surface area contributed by atoms with Crippen LogP contribution in [0.3, 0.4) is 0 Å². The number of amides is 1. The fourth-order valence-corrected chi connectivity index (χ4v) is 2.59. The normalized spacial score (nSPS) is 10.6. The minimum Gasteiger partial charge on any atom is -0.481 e. The Bertz CT molecular complexity index is 695. The average molecular weight is 344 g/mol. The molecule has 0 radical (unpaired) electrons. The number of aliphatic carboxylic acids is 1. The summed E-state index contributed by atoms with van der Waals surface area (Å²) in [7, 11) is 0. The van der Waals surface area contributed by atoms with Crippen molar-refractivity contribution in [3.8, 4) is 11.5 Å². The number of carboxylic acid groups (broad SMARTS) is 1. The van der Waals surface area contributed by atoms with Crippen LogP contribution in [0.25, 0.3) is 11.5 Å². The van der Waals surface area contributed by atoms with E-state index in [-0.39, 0.29) is 12.3 Å². The first kappa shape index (κ1) is 18.7. The van der Waals surface area contributed by atoms with E-state index >= 15 is 0 Å². The summed E-state index contributed by atoms with van der Waals surface area (Å²) in [5.41, 5.74) is 1.94. The molecule has 0 atom stereocenters. The molecule has 0 unspecified atom stereocenters. The largest absolute Gasteiger partial charge is 0.481 e. The highest BCUT2D eigenvalue weighted by molar-refractivity contribution is 5.95. The number of nitrogens with one attached hydrogen (secondary N) is 1. The van der Waals surface area contributed by atoms with E-state index in [0.717, 1.165) is 25.7 Å². The van der Waals surface area contributed by atoms with E-state index in [9.17, 15) is 9.59 Å². The van der Waals surface area contributed by atoms with Crippen LogP contribution in [0.1, 0.15) is 54.6 Å². The van der Waals surface area contributed by atoms with E-state index < -0.39 is 5.97 Å². The summed E-state index contributed by atoms with van der Waals surface area (Å²) in [6.07, 6.45) is 6.31. The molecule has 2 N–H and O–H groups in total. The standard InChI is InChI=1S/C19H24N2O4/c1-14-15(10-11-16(21-14)17-8-7-13-25-17)19(24)20-12-6-4-2-3-5-9-18(22)23/h7-8,10-11,13H,2-6,9,12H2,1H3,(H,20,24)(H,22,23). The van der Waals surface area contributed by atoms with Gasteiger partial charge < -0.3 is 14.8 Å². The van der Waals surface area contributed by atoms with Crippen molar-refractivity contribution < 1.29 is 19.1 Å². The Morgan fingerprint density at radius 2 is 1.88 bits per heavy atom. The molecule has 1 amide bonds. The molecular weight excluding hydrogens is 320 g/mol. The Morgan fingerprint density at radius 1 is 1.12 bits per heavy atom. The van der Waals surface area contributed by atoms with Gasteiger partial charge in [0.2, 0.25) is 0 Å². The molecule has 0 aliphatic heterocycles. The number of rotatable bonds is 10. The molecule has 134 valence electrons. The van der Waals surface area contributed by atoms with E-state index in [2.05, 4.69) is 10.3 Å². The SMILES string of the molecule is Cc1nc(-c2ccco2)ccc1C(=O)NCCCCCCCC(=O)O. The molecule has 0 saturated heterocycles. The lowest BCUT2D eigenvalue weighted by atomic mass is 10.1. The molecule has 6 nitrogen and oxygen atoms in total. The van der Waals surface area contributed by atoms with E-state index in [1.54, 1.807) is 24.5 Å².